The fourth-order valence-corrected chi connectivity index (χ4v) is 2.27. The highest BCUT2D eigenvalue weighted by molar-refractivity contribution is 5.99. The number of carbonyl (C=O) groups excluding carboxylic acids is 2. The number of amides is 1. The Labute approximate surface area is 121 Å². The molecule has 0 radical (unpaired) electrons. The zero-order valence-corrected chi connectivity index (χ0v) is 11.4. The first kappa shape index (κ1) is 14.7. The molecule has 1 fully saturated rings. The number of nitrogens with zero attached hydrogens (tertiary/aromatic N) is 2. The van der Waals surface area contributed by atoms with Crippen LogP contribution in [0.25, 0.3) is 0 Å². The molecule has 0 aliphatic carbocycles. The van der Waals surface area contributed by atoms with E-state index >= 15 is 0 Å². The van der Waals surface area contributed by atoms with E-state index in [2.05, 4.69) is 11.3 Å². The van der Waals surface area contributed by atoms with Crippen molar-refractivity contribution in [3.05, 3.63) is 46.5 Å². The van der Waals surface area contributed by atoms with Crippen molar-refractivity contribution >= 4 is 23.3 Å². The topological polar surface area (TPSA) is 89.8 Å². The highest BCUT2D eigenvalue weighted by Crippen LogP contribution is 2.34. The van der Waals surface area contributed by atoms with Crippen LogP contribution in [0.1, 0.15) is 16.8 Å². The zero-order valence-electron chi connectivity index (χ0n) is 11.4. The summed E-state index contributed by atoms with van der Waals surface area (Å²) in [6.45, 7) is 3.99. The summed E-state index contributed by atoms with van der Waals surface area (Å²) >= 11 is 0. The fourth-order valence-electron chi connectivity index (χ4n) is 2.27. The van der Waals surface area contributed by atoms with Crippen LogP contribution in [0.4, 0.5) is 11.4 Å². The van der Waals surface area contributed by atoms with Crippen LogP contribution in [0.15, 0.2) is 30.9 Å². The van der Waals surface area contributed by atoms with Gasteiger partial charge in [0.15, 0.2) is 0 Å². The average Bonchev–Trinajstić information content (AvgIpc) is 2.86. The van der Waals surface area contributed by atoms with Crippen LogP contribution in [-0.2, 0) is 9.53 Å². The molecular weight excluding hydrogens is 276 g/mol. The van der Waals surface area contributed by atoms with Gasteiger partial charge in [0, 0.05) is 24.9 Å². The summed E-state index contributed by atoms with van der Waals surface area (Å²) in [5.41, 5.74) is -0.0437. The number of ether oxygens (including phenoxy) is 1. The Hall–Kier alpha value is -2.70. The lowest BCUT2D eigenvalue weighted by molar-refractivity contribution is -0.384. The summed E-state index contributed by atoms with van der Waals surface area (Å²) in [6.07, 6.45) is 1.94. The Morgan fingerprint density at radius 2 is 2.29 bits per heavy atom. The Kier molecular flexibility index (Phi) is 4.02. The molecule has 1 saturated heterocycles. The van der Waals surface area contributed by atoms with Crippen LogP contribution in [0, 0.1) is 16.0 Å². The number of anilines is 1. The summed E-state index contributed by atoms with van der Waals surface area (Å²) in [4.78, 5) is 35.3. The van der Waals surface area contributed by atoms with Crippen molar-refractivity contribution in [1.82, 2.24) is 0 Å². The molecule has 1 aliphatic heterocycles. The number of hydrogen-bond acceptors (Lipinski definition) is 5. The van der Waals surface area contributed by atoms with Gasteiger partial charge in [0.25, 0.3) is 5.69 Å². The molecule has 0 aromatic heterocycles. The van der Waals surface area contributed by atoms with Crippen molar-refractivity contribution < 1.29 is 19.2 Å². The third-order valence-electron chi connectivity index (χ3n) is 3.37. The minimum atomic E-state index is -0.665. The molecule has 0 spiro atoms. The second kappa shape index (κ2) is 5.74. The number of carbonyl (C=O) groups is 2. The molecule has 1 aromatic carbocycles. The molecule has 7 nitrogen and oxygen atoms in total. The van der Waals surface area contributed by atoms with Gasteiger partial charge in [0.05, 0.1) is 17.6 Å². The van der Waals surface area contributed by atoms with Crippen LogP contribution in [0.3, 0.4) is 0 Å². The standard InChI is InChI=1S/C14H14N2O5/c1-3-9-6-13(17)15(8-9)11-5-4-10(14(18)21-2)7-12(11)16(19)20/h3-5,7,9H,1,6,8H2,2H3. The van der Waals surface area contributed by atoms with Crippen LogP contribution in [0.5, 0.6) is 0 Å². The second-order valence-corrected chi connectivity index (χ2v) is 4.66. The van der Waals surface area contributed by atoms with Crippen LogP contribution in [-0.4, -0.2) is 30.5 Å². The second-order valence-electron chi connectivity index (χ2n) is 4.66. The van der Waals surface area contributed by atoms with E-state index in [1.165, 1.54) is 24.1 Å². The number of methoxy groups -OCH3 is 1. The lowest BCUT2D eigenvalue weighted by atomic mass is 10.1. The van der Waals surface area contributed by atoms with E-state index in [9.17, 15) is 19.7 Å². The maximum atomic E-state index is 12.0. The molecule has 110 valence electrons. The lowest BCUT2D eigenvalue weighted by Crippen LogP contribution is -2.25. The Bertz CT molecular complexity index is 626. The molecule has 0 saturated carbocycles. The first-order valence-electron chi connectivity index (χ1n) is 6.27. The predicted molar refractivity (Wildman–Crippen MR) is 75.1 cm³/mol. The summed E-state index contributed by atoms with van der Waals surface area (Å²) in [6, 6.07) is 3.92. The molecule has 7 heteroatoms. The minimum absolute atomic E-state index is 0.0302. The number of rotatable bonds is 4. The van der Waals surface area contributed by atoms with E-state index in [1.807, 2.05) is 0 Å². The van der Waals surface area contributed by atoms with Crippen LogP contribution < -0.4 is 4.90 Å². The monoisotopic (exact) mass is 290 g/mol. The van der Waals surface area contributed by atoms with Gasteiger partial charge in [-0.25, -0.2) is 4.79 Å². The molecule has 1 heterocycles. The van der Waals surface area contributed by atoms with Crippen LogP contribution in [0.2, 0.25) is 0 Å². The van der Waals surface area contributed by atoms with Crippen molar-refractivity contribution in [2.45, 2.75) is 6.42 Å². The molecule has 0 N–H and O–H groups in total. The van der Waals surface area contributed by atoms with Gasteiger partial charge >= 0.3 is 5.97 Å². The van der Waals surface area contributed by atoms with Gasteiger partial charge in [-0.1, -0.05) is 6.08 Å². The Morgan fingerprint density at radius 1 is 1.57 bits per heavy atom. The molecule has 2 rings (SSSR count). The minimum Gasteiger partial charge on any atom is -0.465 e. The molecule has 1 amide bonds. The number of nitro benzene ring substituents is 1. The number of esters is 1. The van der Waals surface area contributed by atoms with E-state index in [0.29, 0.717) is 6.54 Å². The number of hydrogen-bond donors (Lipinski definition) is 0. The van der Waals surface area contributed by atoms with E-state index in [-0.39, 0.29) is 35.2 Å². The van der Waals surface area contributed by atoms with Crippen molar-refractivity contribution in [3.63, 3.8) is 0 Å². The first-order valence-corrected chi connectivity index (χ1v) is 6.27. The Balaban J connectivity index is 2.44. The maximum absolute atomic E-state index is 12.0. The van der Waals surface area contributed by atoms with E-state index in [1.54, 1.807) is 6.08 Å². The molecular formula is C14H14N2O5. The van der Waals surface area contributed by atoms with Crippen molar-refractivity contribution in [2.75, 3.05) is 18.6 Å². The van der Waals surface area contributed by atoms with E-state index in [4.69, 9.17) is 0 Å². The molecule has 1 unspecified atom stereocenters. The van der Waals surface area contributed by atoms with Crippen molar-refractivity contribution in [2.24, 2.45) is 5.92 Å². The summed E-state index contributed by atoms with van der Waals surface area (Å²) in [5.74, 6) is -0.896. The highest BCUT2D eigenvalue weighted by atomic mass is 16.6. The SMILES string of the molecule is C=CC1CC(=O)N(c2ccc(C(=O)OC)cc2[N+](=O)[O-])C1. The van der Waals surface area contributed by atoms with E-state index < -0.39 is 10.9 Å². The van der Waals surface area contributed by atoms with Gasteiger partial charge in [-0.15, -0.1) is 6.58 Å². The van der Waals surface area contributed by atoms with Crippen LogP contribution >= 0.6 is 0 Å². The molecule has 0 bridgehead atoms. The Morgan fingerprint density at radius 3 is 2.81 bits per heavy atom. The number of benzene rings is 1. The third-order valence-corrected chi connectivity index (χ3v) is 3.37. The summed E-state index contributed by atoms with van der Waals surface area (Å²) in [7, 11) is 1.20. The van der Waals surface area contributed by atoms with E-state index in [0.717, 1.165) is 6.07 Å². The third kappa shape index (κ3) is 2.76. The van der Waals surface area contributed by atoms with Gasteiger partial charge in [-0.2, -0.15) is 0 Å². The highest BCUT2D eigenvalue weighted by Gasteiger charge is 2.33. The molecule has 1 atom stereocenters. The average molecular weight is 290 g/mol. The van der Waals surface area contributed by atoms with Crippen molar-refractivity contribution in [3.8, 4) is 0 Å². The van der Waals surface area contributed by atoms with Gasteiger partial charge in [-0.05, 0) is 12.1 Å². The number of nitro groups is 1. The summed E-state index contributed by atoms with van der Waals surface area (Å²) < 4.78 is 4.54. The van der Waals surface area contributed by atoms with Gasteiger partial charge in [0.1, 0.15) is 5.69 Å². The quantitative estimate of drug-likeness (QED) is 0.366. The first-order chi connectivity index (χ1) is 9.97. The predicted octanol–water partition coefficient (Wildman–Crippen LogP) is 1.92. The molecule has 1 aromatic rings. The van der Waals surface area contributed by atoms with Crippen molar-refractivity contribution in [1.29, 1.82) is 0 Å². The fraction of sp³-hybridized carbons (Fsp3) is 0.286. The summed E-state index contributed by atoms with van der Waals surface area (Å²) in [5, 5.41) is 11.2. The van der Waals surface area contributed by atoms with Gasteiger partial charge < -0.3 is 9.64 Å². The maximum Gasteiger partial charge on any atom is 0.338 e. The van der Waals surface area contributed by atoms with Gasteiger partial charge in [-0.3, -0.25) is 14.9 Å². The molecule has 1 aliphatic rings. The smallest absolute Gasteiger partial charge is 0.338 e. The largest absolute Gasteiger partial charge is 0.465 e. The molecule has 21 heavy (non-hydrogen) atoms. The normalized spacial score (nSPS) is 17.7. The zero-order chi connectivity index (χ0) is 15.6. The van der Waals surface area contributed by atoms with Gasteiger partial charge in [0.2, 0.25) is 5.91 Å². The lowest BCUT2D eigenvalue weighted by Gasteiger charge is -2.16.